The Bertz CT molecular complexity index is 2820. The van der Waals surface area contributed by atoms with Gasteiger partial charge in [0.25, 0.3) is 11.8 Å². The van der Waals surface area contributed by atoms with Gasteiger partial charge in [-0.25, -0.2) is 18.4 Å². The van der Waals surface area contributed by atoms with Crippen LogP contribution in [-0.4, -0.2) is 112 Å². The third-order valence-electron chi connectivity index (χ3n) is 11.9. The number of hydrogen-bond donors (Lipinski definition) is 4. The van der Waals surface area contributed by atoms with E-state index in [4.69, 9.17) is 24.2 Å². The maximum Gasteiger partial charge on any atom is 0.272 e. The number of anilines is 1. The number of carbonyl (C=O) groups is 4. The molecule has 0 spiro atoms. The monoisotopic (exact) mass is 923 g/mol. The lowest BCUT2D eigenvalue weighted by atomic mass is 10.0. The number of ether oxygens (including phenoxy) is 3. The van der Waals surface area contributed by atoms with Crippen LogP contribution in [0.4, 0.5) is 5.13 Å². The molecular formula is C45H49N9O9S2. The number of rotatable bonds is 11. The molecule has 1 unspecified atom stereocenters. The number of fused-ring (bicyclic) bond motifs is 5. The molecule has 340 valence electrons. The number of aromatic nitrogens is 4. The van der Waals surface area contributed by atoms with E-state index in [0.29, 0.717) is 57.9 Å². The number of sulfonamides is 1. The van der Waals surface area contributed by atoms with Gasteiger partial charge in [-0.1, -0.05) is 24.3 Å². The Balaban J connectivity index is 1.09. The second-order valence-electron chi connectivity index (χ2n) is 17.1. The third kappa shape index (κ3) is 9.35. The number of carbonyl (C=O) groups excluding carboxylic acids is 4. The van der Waals surface area contributed by atoms with E-state index in [1.165, 1.54) is 27.0 Å². The fourth-order valence-corrected chi connectivity index (χ4v) is 10.5. The molecule has 3 aromatic heterocycles. The minimum Gasteiger partial charge on any atom is -0.497 e. The SMILES string of the molecule is COc1ccc2c(O[C@@H]3C[C@H]4C(=O)N[C@@]5(C(=O)NS(=O)(=O)C6CC6)CC5/C=C\COc5cccc(c5)C[C@@H](NC(=O)c5ccn(C)n5)C(=O)N4C3)cc(-c3csc(NC(C)C)n3)nc2c1. The Morgan fingerprint density at radius 2 is 1.89 bits per heavy atom. The van der Waals surface area contributed by atoms with Gasteiger partial charge in [-0.3, -0.25) is 28.6 Å². The molecule has 1 saturated heterocycles. The van der Waals surface area contributed by atoms with Gasteiger partial charge in [0, 0.05) is 60.9 Å². The fraction of sp³-hybridized carbons (Fsp3) is 0.400. The smallest absolute Gasteiger partial charge is 0.272 e. The first-order valence-corrected chi connectivity index (χ1v) is 23.9. The number of amides is 4. The second-order valence-corrected chi connectivity index (χ2v) is 20.0. The minimum absolute atomic E-state index is 0.0190. The van der Waals surface area contributed by atoms with E-state index < -0.39 is 68.5 Å². The van der Waals surface area contributed by atoms with Gasteiger partial charge < -0.3 is 35.1 Å². The van der Waals surface area contributed by atoms with Gasteiger partial charge in [-0.2, -0.15) is 5.10 Å². The lowest BCUT2D eigenvalue weighted by Gasteiger charge is -2.30. The molecule has 5 heterocycles. The molecule has 65 heavy (non-hydrogen) atoms. The van der Waals surface area contributed by atoms with Crippen LogP contribution in [0.1, 0.15) is 55.6 Å². The predicted molar refractivity (Wildman–Crippen MR) is 241 cm³/mol. The highest BCUT2D eigenvalue weighted by molar-refractivity contribution is 7.91. The summed E-state index contributed by atoms with van der Waals surface area (Å²) in [5, 5.41) is 15.9. The number of benzene rings is 2. The number of thiazole rings is 1. The van der Waals surface area contributed by atoms with E-state index in [1.54, 1.807) is 68.9 Å². The largest absolute Gasteiger partial charge is 0.497 e. The van der Waals surface area contributed by atoms with Crippen molar-refractivity contribution in [2.24, 2.45) is 13.0 Å². The maximum absolute atomic E-state index is 15.1. The second kappa shape index (κ2) is 17.4. The summed E-state index contributed by atoms with van der Waals surface area (Å²) in [4.78, 5) is 68.7. The Morgan fingerprint density at radius 3 is 2.65 bits per heavy atom. The molecule has 2 bridgehead atoms. The lowest BCUT2D eigenvalue weighted by Crippen LogP contribution is -2.58. The molecule has 18 nitrogen and oxygen atoms in total. The fourth-order valence-electron chi connectivity index (χ4n) is 8.29. The molecule has 2 saturated carbocycles. The van der Waals surface area contributed by atoms with Gasteiger partial charge in [0.1, 0.15) is 59.0 Å². The summed E-state index contributed by atoms with van der Waals surface area (Å²) in [6, 6.07) is 13.6. The summed E-state index contributed by atoms with van der Waals surface area (Å²) < 4.78 is 48.1. The average molecular weight is 924 g/mol. The Labute approximate surface area is 379 Å². The summed E-state index contributed by atoms with van der Waals surface area (Å²) in [5.74, 6) is -1.80. The number of methoxy groups -OCH3 is 1. The van der Waals surface area contributed by atoms with Crippen LogP contribution in [0.25, 0.3) is 22.3 Å². The van der Waals surface area contributed by atoms with Crippen LogP contribution in [0.3, 0.4) is 0 Å². The van der Waals surface area contributed by atoms with Crippen LogP contribution in [0.15, 0.2) is 78.3 Å². The van der Waals surface area contributed by atoms with Crippen molar-refractivity contribution in [1.29, 1.82) is 0 Å². The molecule has 5 aromatic rings. The zero-order valence-electron chi connectivity index (χ0n) is 36.1. The van der Waals surface area contributed by atoms with Crippen LogP contribution < -0.4 is 34.9 Å². The van der Waals surface area contributed by atoms with Crippen LogP contribution in [0, 0.1) is 5.92 Å². The van der Waals surface area contributed by atoms with Crippen molar-refractivity contribution in [3.05, 3.63) is 89.6 Å². The third-order valence-corrected chi connectivity index (χ3v) is 14.5. The first kappa shape index (κ1) is 43.7. The van der Waals surface area contributed by atoms with Crippen LogP contribution in [0.2, 0.25) is 0 Å². The van der Waals surface area contributed by atoms with Crippen molar-refractivity contribution in [3.63, 3.8) is 0 Å². The Kier molecular flexibility index (Phi) is 11.7. The number of hydrogen-bond acceptors (Lipinski definition) is 14. The highest BCUT2D eigenvalue weighted by Gasteiger charge is 2.62. The quantitative estimate of drug-likeness (QED) is 0.139. The van der Waals surface area contributed by atoms with E-state index >= 15 is 4.79 Å². The van der Waals surface area contributed by atoms with Crippen LogP contribution >= 0.6 is 11.3 Å². The first-order chi connectivity index (χ1) is 31.2. The molecule has 2 aromatic carbocycles. The first-order valence-electron chi connectivity index (χ1n) is 21.4. The van der Waals surface area contributed by atoms with E-state index in [-0.39, 0.29) is 44.1 Å². The molecule has 0 radical (unpaired) electrons. The number of nitrogens with zero attached hydrogens (tertiary/aromatic N) is 5. The summed E-state index contributed by atoms with van der Waals surface area (Å²) in [6.07, 6.45) is 5.27. The van der Waals surface area contributed by atoms with E-state index in [1.807, 2.05) is 31.4 Å². The molecule has 20 heteroatoms. The zero-order valence-corrected chi connectivity index (χ0v) is 37.8. The van der Waals surface area contributed by atoms with Gasteiger partial charge in [0.15, 0.2) is 5.13 Å². The van der Waals surface area contributed by atoms with Gasteiger partial charge in [0.05, 0.1) is 30.1 Å². The van der Waals surface area contributed by atoms with Gasteiger partial charge in [-0.15, -0.1) is 11.3 Å². The molecule has 4 N–H and O–H groups in total. The molecule has 4 amide bonds. The highest BCUT2D eigenvalue weighted by atomic mass is 32.2. The van der Waals surface area contributed by atoms with E-state index in [9.17, 15) is 22.8 Å². The number of aryl methyl sites for hydroxylation is 1. The molecule has 9 rings (SSSR count). The van der Waals surface area contributed by atoms with Crippen molar-refractivity contribution in [2.75, 3.05) is 25.6 Å². The molecule has 2 aliphatic carbocycles. The van der Waals surface area contributed by atoms with Crippen molar-refractivity contribution in [3.8, 4) is 28.6 Å². The normalized spacial score (nSPS) is 23.7. The van der Waals surface area contributed by atoms with Crippen molar-refractivity contribution in [2.45, 2.75) is 81.0 Å². The molecule has 3 fully saturated rings. The van der Waals surface area contributed by atoms with Gasteiger partial charge in [-0.05, 0) is 69.0 Å². The highest BCUT2D eigenvalue weighted by Crippen LogP contribution is 2.46. The summed E-state index contributed by atoms with van der Waals surface area (Å²) >= 11 is 1.44. The maximum atomic E-state index is 15.1. The Hall–Kier alpha value is -6.54. The minimum atomic E-state index is -3.98. The standard InChI is InChI=1S/C45H49N9O9S2/c1-25(2)46-44-49-37(24-64-44)35-21-39(32-13-10-28(61-4)19-34(32)47-35)63-30-20-38-41(56)50-45(43(58)52-65(59,60)31-11-12-31)22-27(45)8-6-16-62-29-9-5-7-26(17-29)18-36(42(57)54(38)23-30)48-40(55)33-14-15-53(3)51-33/h5-10,13-15,17,19,21,24-25,27,30-31,36,38H,11-12,16,18,20,22-23H2,1-4H3,(H,46,49)(H,48,55)(H,50,56)(H,52,58)/b8-6-/t27?,30-,36-,38+,45+/m1/s1. The van der Waals surface area contributed by atoms with Crippen molar-refractivity contribution in [1.82, 2.24) is 40.0 Å². The molecule has 2 aliphatic heterocycles. The summed E-state index contributed by atoms with van der Waals surface area (Å²) in [7, 11) is -0.743. The van der Waals surface area contributed by atoms with Gasteiger partial charge in [0.2, 0.25) is 21.8 Å². The lowest BCUT2D eigenvalue weighted by molar-refractivity contribution is -0.141. The average Bonchev–Trinajstić information content (AvgIpc) is 4.08. The van der Waals surface area contributed by atoms with Crippen LogP contribution in [-0.2, 0) is 37.9 Å². The number of nitrogens with one attached hydrogen (secondary N) is 4. The van der Waals surface area contributed by atoms with E-state index in [0.717, 1.165) is 5.13 Å². The predicted octanol–water partition coefficient (Wildman–Crippen LogP) is 3.74. The molecule has 4 aliphatic rings. The zero-order chi connectivity index (χ0) is 45.6. The summed E-state index contributed by atoms with van der Waals surface area (Å²) in [5.41, 5.74) is 0.840. The molecule has 5 atom stereocenters. The summed E-state index contributed by atoms with van der Waals surface area (Å²) in [6.45, 7) is 4.06. The van der Waals surface area contributed by atoms with Gasteiger partial charge >= 0.3 is 0 Å². The van der Waals surface area contributed by atoms with Crippen LogP contribution in [0.5, 0.6) is 17.2 Å². The number of pyridine rings is 1. The van der Waals surface area contributed by atoms with Crippen molar-refractivity contribution < 1.29 is 41.8 Å². The molecular weight excluding hydrogens is 875 g/mol. The Morgan fingerprint density at radius 1 is 1.06 bits per heavy atom. The van der Waals surface area contributed by atoms with Crippen molar-refractivity contribution >= 4 is 61.0 Å². The topological polar surface area (TPSA) is 225 Å². The van der Waals surface area contributed by atoms with E-state index in [2.05, 4.69) is 25.8 Å².